The second-order valence-corrected chi connectivity index (χ2v) is 3.41. The molecule has 2 rings (SSSR count). The summed E-state index contributed by atoms with van der Waals surface area (Å²) in [5.74, 6) is 0. The van der Waals surface area contributed by atoms with E-state index in [4.69, 9.17) is 0 Å². The standard InChI is InChI=1S/C11H15NO/c1-2-12-7-6-9-4-3-5-10(8-13)11(9)12/h3-5,13H,2,6-8H2,1H3. The van der Waals surface area contributed by atoms with Crippen LogP contribution in [0.2, 0.25) is 0 Å². The fraction of sp³-hybridized carbons (Fsp3) is 0.455. The van der Waals surface area contributed by atoms with Crippen molar-refractivity contribution in [3.05, 3.63) is 29.3 Å². The minimum atomic E-state index is 0.152. The van der Waals surface area contributed by atoms with Gasteiger partial charge in [0.25, 0.3) is 0 Å². The average molecular weight is 177 g/mol. The summed E-state index contributed by atoms with van der Waals surface area (Å²) >= 11 is 0. The summed E-state index contributed by atoms with van der Waals surface area (Å²) in [4.78, 5) is 2.33. The molecule has 0 aromatic heterocycles. The average Bonchev–Trinajstić information content (AvgIpc) is 2.60. The highest BCUT2D eigenvalue weighted by atomic mass is 16.3. The predicted molar refractivity (Wildman–Crippen MR) is 54.0 cm³/mol. The largest absolute Gasteiger partial charge is 0.392 e. The van der Waals surface area contributed by atoms with Crippen LogP contribution >= 0.6 is 0 Å². The molecule has 13 heavy (non-hydrogen) atoms. The van der Waals surface area contributed by atoms with Crippen molar-refractivity contribution in [2.24, 2.45) is 0 Å². The van der Waals surface area contributed by atoms with E-state index in [1.54, 1.807) is 0 Å². The topological polar surface area (TPSA) is 23.5 Å². The van der Waals surface area contributed by atoms with E-state index in [-0.39, 0.29) is 6.61 Å². The molecule has 1 aromatic carbocycles. The number of hydrogen-bond acceptors (Lipinski definition) is 2. The molecule has 0 radical (unpaired) electrons. The zero-order valence-corrected chi connectivity index (χ0v) is 7.95. The van der Waals surface area contributed by atoms with Gasteiger partial charge in [-0.3, -0.25) is 0 Å². The summed E-state index contributed by atoms with van der Waals surface area (Å²) in [7, 11) is 0. The van der Waals surface area contributed by atoms with Gasteiger partial charge in [0.1, 0.15) is 0 Å². The Balaban J connectivity index is 2.46. The van der Waals surface area contributed by atoms with Crippen LogP contribution in [0.4, 0.5) is 5.69 Å². The fourth-order valence-corrected chi connectivity index (χ4v) is 2.06. The first kappa shape index (κ1) is 8.57. The number of hydrogen-bond donors (Lipinski definition) is 1. The molecule has 2 nitrogen and oxygen atoms in total. The first-order valence-corrected chi connectivity index (χ1v) is 4.83. The molecule has 0 bridgehead atoms. The fourth-order valence-electron chi connectivity index (χ4n) is 2.06. The maximum absolute atomic E-state index is 9.19. The number of para-hydroxylation sites is 1. The number of fused-ring (bicyclic) bond motifs is 1. The van der Waals surface area contributed by atoms with Crippen LogP contribution in [-0.2, 0) is 13.0 Å². The van der Waals surface area contributed by atoms with Gasteiger partial charge in [-0.25, -0.2) is 0 Å². The number of anilines is 1. The second-order valence-electron chi connectivity index (χ2n) is 3.41. The van der Waals surface area contributed by atoms with Crippen molar-refractivity contribution in [2.45, 2.75) is 20.0 Å². The lowest BCUT2D eigenvalue weighted by atomic mass is 10.1. The molecule has 2 heteroatoms. The molecule has 0 saturated heterocycles. The normalized spacial score (nSPS) is 14.8. The van der Waals surface area contributed by atoms with Crippen LogP contribution in [-0.4, -0.2) is 18.2 Å². The summed E-state index contributed by atoms with van der Waals surface area (Å²) in [5, 5.41) is 9.19. The van der Waals surface area contributed by atoms with Crippen LogP contribution in [0.3, 0.4) is 0 Å². The van der Waals surface area contributed by atoms with Crippen molar-refractivity contribution in [3.8, 4) is 0 Å². The van der Waals surface area contributed by atoms with E-state index in [2.05, 4.69) is 17.9 Å². The van der Waals surface area contributed by atoms with Crippen molar-refractivity contribution in [3.63, 3.8) is 0 Å². The Labute approximate surface area is 78.8 Å². The Bertz CT molecular complexity index is 309. The molecule has 1 aromatic rings. The van der Waals surface area contributed by atoms with Crippen molar-refractivity contribution >= 4 is 5.69 Å². The van der Waals surface area contributed by atoms with Crippen molar-refractivity contribution in [1.82, 2.24) is 0 Å². The summed E-state index contributed by atoms with van der Waals surface area (Å²) in [6, 6.07) is 6.19. The van der Waals surface area contributed by atoms with Gasteiger partial charge in [-0.05, 0) is 18.9 Å². The summed E-state index contributed by atoms with van der Waals surface area (Å²) < 4.78 is 0. The Kier molecular flexibility index (Phi) is 2.23. The highest BCUT2D eigenvalue weighted by Crippen LogP contribution is 2.31. The maximum atomic E-state index is 9.19. The van der Waals surface area contributed by atoms with E-state index in [9.17, 15) is 5.11 Å². The van der Waals surface area contributed by atoms with E-state index < -0.39 is 0 Å². The van der Waals surface area contributed by atoms with Crippen molar-refractivity contribution in [2.75, 3.05) is 18.0 Å². The van der Waals surface area contributed by atoms with Crippen molar-refractivity contribution < 1.29 is 5.11 Å². The molecule has 1 N–H and O–H groups in total. The minimum Gasteiger partial charge on any atom is -0.392 e. The third-order valence-corrected chi connectivity index (χ3v) is 2.72. The Morgan fingerprint density at radius 3 is 3.00 bits per heavy atom. The number of rotatable bonds is 2. The lowest BCUT2D eigenvalue weighted by molar-refractivity contribution is 0.282. The Hall–Kier alpha value is -1.02. The predicted octanol–water partition coefficient (Wildman–Crippen LogP) is 1.56. The van der Waals surface area contributed by atoms with Crippen molar-refractivity contribution in [1.29, 1.82) is 0 Å². The van der Waals surface area contributed by atoms with E-state index >= 15 is 0 Å². The van der Waals surface area contributed by atoms with Crippen LogP contribution in [0.25, 0.3) is 0 Å². The molecular weight excluding hydrogens is 162 g/mol. The quantitative estimate of drug-likeness (QED) is 0.741. The molecule has 70 valence electrons. The molecule has 0 unspecified atom stereocenters. The van der Waals surface area contributed by atoms with Gasteiger partial charge >= 0.3 is 0 Å². The zero-order valence-electron chi connectivity index (χ0n) is 7.95. The van der Waals surface area contributed by atoms with Crippen LogP contribution in [0.5, 0.6) is 0 Å². The molecule has 1 aliphatic rings. The second kappa shape index (κ2) is 3.38. The zero-order chi connectivity index (χ0) is 9.26. The first-order valence-electron chi connectivity index (χ1n) is 4.83. The van der Waals surface area contributed by atoms with Crippen LogP contribution in [0.1, 0.15) is 18.1 Å². The maximum Gasteiger partial charge on any atom is 0.0702 e. The van der Waals surface area contributed by atoms with E-state index in [0.29, 0.717) is 0 Å². The molecule has 0 spiro atoms. The van der Waals surface area contributed by atoms with Crippen LogP contribution < -0.4 is 4.90 Å². The number of nitrogens with zero attached hydrogens (tertiary/aromatic N) is 1. The number of aliphatic hydroxyl groups is 1. The molecule has 1 aliphatic heterocycles. The summed E-state index contributed by atoms with van der Waals surface area (Å²) in [5.41, 5.74) is 3.72. The molecule has 0 amide bonds. The Morgan fingerprint density at radius 1 is 1.46 bits per heavy atom. The van der Waals surface area contributed by atoms with Gasteiger partial charge in [0.05, 0.1) is 6.61 Å². The molecule has 1 heterocycles. The van der Waals surface area contributed by atoms with Gasteiger partial charge in [-0.15, -0.1) is 0 Å². The number of benzene rings is 1. The molecule has 0 fully saturated rings. The molecular formula is C11H15NO. The summed E-state index contributed by atoms with van der Waals surface area (Å²) in [6.07, 6.45) is 1.12. The van der Waals surface area contributed by atoms with Gasteiger partial charge in [0.2, 0.25) is 0 Å². The lowest BCUT2D eigenvalue weighted by Gasteiger charge is -2.19. The smallest absolute Gasteiger partial charge is 0.0702 e. The lowest BCUT2D eigenvalue weighted by Crippen LogP contribution is -2.20. The van der Waals surface area contributed by atoms with Gasteiger partial charge in [0, 0.05) is 24.3 Å². The molecule has 0 saturated carbocycles. The van der Waals surface area contributed by atoms with Gasteiger partial charge in [-0.1, -0.05) is 18.2 Å². The monoisotopic (exact) mass is 177 g/mol. The Morgan fingerprint density at radius 2 is 2.31 bits per heavy atom. The third kappa shape index (κ3) is 1.31. The number of aliphatic hydroxyl groups excluding tert-OH is 1. The van der Waals surface area contributed by atoms with Gasteiger partial charge < -0.3 is 10.0 Å². The number of likely N-dealkylation sites (N-methyl/N-ethyl adjacent to an activating group) is 1. The summed E-state index contributed by atoms with van der Waals surface area (Å²) in [6.45, 7) is 4.44. The van der Waals surface area contributed by atoms with E-state index in [1.165, 1.54) is 11.3 Å². The molecule has 0 aliphatic carbocycles. The van der Waals surface area contributed by atoms with Gasteiger partial charge in [0.15, 0.2) is 0 Å². The third-order valence-electron chi connectivity index (χ3n) is 2.72. The molecule has 0 atom stereocenters. The van der Waals surface area contributed by atoms with Crippen LogP contribution in [0.15, 0.2) is 18.2 Å². The highest BCUT2D eigenvalue weighted by Gasteiger charge is 2.19. The SMILES string of the molecule is CCN1CCc2cccc(CO)c21. The van der Waals surface area contributed by atoms with Crippen LogP contribution in [0, 0.1) is 0 Å². The van der Waals surface area contributed by atoms with E-state index in [1.807, 2.05) is 12.1 Å². The van der Waals surface area contributed by atoms with E-state index in [0.717, 1.165) is 25.1 Å². The minimum absolute atomic E-state index is 0.152. The first-order chi connectivity index (χ1) is 6.36. The highest BCUT2D eigenvalue weighted by molar-refractivity contribution is 5.63. The van der Waals surface area contributed by atoms with Gasteiger partial charge in [-0.2, -0.15) is 0 Å².